The quantitative estimate of drug-likeness (QED) is 0.917. The highest BCUT2D eigenvalue weighted by atomic mass is 16.5. The first-order chi connectivity index (χ1) is 10.1. The lowest BCUT2D eigenvalue weighted by molar-refractivity contribution is 0.0991. The number of hydrogen-bond acceptors (Lipinski definition) is 4. The average Bonchev–Trinajstić information content (AvgIpc) is 2.61. The van der Waals surface area contributed by atoms with E-state index in [1.54, 1.807) is 6.07 Å². The highest BCUT2D eigenvalue weighted by Gasteiger charge is 2.25. The Morgan fingerprint density at radius 1 is 1.24 bits per heavy atom. The van der Waals surface area contributed by atoms with E-state index in [1.165, 1.54) is 13.2 Å². The first-order valence-corrected chi connectivity index (χ1v) is 6.86. The van der Waals surface area contributed by atoms with Crippen LogP contribution in [0.25, 0.3) is 0 Å². The van der Waals surface area contributed by atoms with Crippen molar-refractivity contribution in [3.63, 3.8) is 0 Å². The molecule has 1 aliphatic heterocycles. The number of Topliss-reactive ketones (excluding diaryl/α,β-unsaturated/α-hetero) is 1. The van der Waals surface area contributed by atoms with Crippen LogP contribution >= 0.6 is 0 Å². The standard InChI is InChI=1S/C17H16O4/c1-3-10-4-5-15-11(6-10)7-13(18)17-14(19)8-12(20-2)9-16(17)21-15/h4-6,8-9,19H,3,7H2,1-2H3. The van der Waals surface area contributed by atoms with E-state index in [4.69, 9.17) is 9.47 Å². The molecule has 0 aliphatic carbocycles. The Hall–Kier alpha value is -2.49. The van der Waals surface area contributed by atoms with Crippen LogP contribution in [0.2, 0.25) is 0 Å². The van der Waals surface area contributed by atoms with Crippen molar-refractivity contribution in [2.75, 3.05) is 7.11 Å². The Bertz CT molecular complexity index is 719. The maximum Gasteiger partial charge on any atom is 0.174 e. The van der Waals surface area contributed by atoms with Gasteiger partial charge in [-0.2, -0.15) is 0 Å². The van der Waals surface area contributed by atoms with Gasteiger partial charge >= 0.3 is 0 Å². The number of phenols is 1. The van der Waals surface area contributed by atoms with Gasteiger partial charge in [-0.05, 0) is 18.1 Å². The van der Waals surface area contributed by atoms with Crippen LogP contribution in [0.4, 0.5) is 0 Å². The number of benzene rings is 2. The molecule has 0 aromatic heterocycles. The summed E-state index contributed by atoms with van der Waals surface area (Å²) >= 11 is 0. The summed E-state index contributed by atoms with van der Waals surface area (Å²) < 4.78 is 10.9. The van der Waals surface area contributed by atoms with Gasteiger partial charge in [0.25, 0.3) is 0 Å². The summed E-state index contributed by atoms with van der Waals surface area (Å²) in [5.41, 5.74) is 2.21. The van der Waals surface area contributed by atoms with Crippen LogP contribution in [0.5, 0.6) is 23.0 Å². The van der Waals surface area contributed by atoms with Crippen molar-refractivity contribution in [1.82, 2.24) is 0 Å². The molecule has 0 amide bonds. The van der Waals surface area contributed by atoms with Crippen LogP contribution in [0.1, 0.15) is 28.4 Å². The SMILES string of the molecule is CCc1ccc2c(c1)CC(=O)c1c(O)cc(OC)cc1O2. The molecule has 1 heterocycles. The number of hydrogen-bond donors (Lipinski definition) is 1. The topological polar surface area (TPSA) is 55.8 Å². The van der Waals surface area contributed by atoms with E-state index in [-0.39, 0.29) is 23.5 Å². The molecule has 0 saturated heterocycles. The molecule has 0 bridgehead atoms. The summed E-state index contributed by atoms with van der Waals surface area (Å²) in [7, 11) is 1.50. The Balaban J connectivity index is 2.14. The van der Waals surface area contributed by atoms with E-state index in [0.29, 0.717) is 17.2 Å². The van der Waals surface area contributed by atoms with Crippen molar-refractivity contribution in [2.24, 2.45) is 0 Å². The predicted octanol–water partition coefficient (Wildman–Crippen LogP) is 3.49. The molecular formula is C17H16O4. The Kier molecular flexibility index (Phi) is 3.29. The summed E-state index contributed by atoms with van der Waals surface area (Å²) in [5.74, 6) is 1.16. The smallest absolute Gasteiger partial charge is 0.174 e. The maximum atomic E-state index is 12.4. The second-order valence-corrected chi connectivity index (χ2v) is 5.02. The van der Waals surface area contributed by atoms with Crippen molar-refractivity contribution >= 4 is 5.78 Å². The van der Waals surface area contributed by atoms with Crippen LogP contribution < -0.4 is 9.47 Å². The third kappa shape index (κ3) is 2.33. The summed E-state index contributed by atoms with van der Waals surface area (Å²) in [6.07, 6.45) is 1.11. The number of ketones is 1. The molecule has 4 heteroatoms. The van der Waals surface area contributed by atoms with Crippen LogP contribution in [-0.2, 0) is 12.8 Å². The lowest BCUT2D eigenvalue weighted by atomic mass is 10.00. The second-order valence-electron chi connectivity index (χ2n) is 5.02. The highest BCUT2D eigenvalue weighted by Crippen LogP contribution is 2.40. The van der Waals surface area contributed by atoms with Gasteiger partial charge in [-0.3, -0.25) is 4.79 Å². The molecule has 0 unspecified atom stereocenters. The third-order valence-electron chi connectivity index (χ3n) is 3.67. The van der Waals surface area contributed by atoms with E-state index in [1.807, 2.05) is 18.2 Å². The number of ether oxygens (including phenoxy) is 2. The molecule has 2 aromatic carbocycles. The van der Waals surface area contributed by atoms with Gasteiger partial charge in [-0.25, -0.2) is 0 Å². The number of aromatic hydroxyl groups is 1. The van der Waals surface area contributed by atoms with Gasteiger partial charge in [-0.15, -0.1) is 0 Å². The Morgan fingerprint density at radius 3 is 2.76 bits per heavy atom. The molecule has 0 saturated carbocycles. The maximum absolute atomic E-state index is 12.4. The molecule has 108 valence electrons. The van der Waals surface area contributed by atoms with Crippen molar-refractivity contribution in [3.8, 4) is 23.0 Å². The number of fused-ring (bicyclic) bond motifs is 2. The Morgan fingerprint density at radius 2 is 2.05 bits per heavy atom. The van der Waals surface area contributed by atoms with Gasteiger partial charge < -0.3 is 14.6 Å². The predicted molar refractivity (Wildman–Crippen MR) is 78.6 cm³/mol. The van der Waals surface area contributed by atoms with Crippen LogP contribution in [0.3, 0.4) is 0 Å². The summed E-state index contributed by atoms with van der Waals surface area (Å²) in [5, 5.41) is 10.1. The monoisotopic (exact) mass is 284 g/mol. The zero-order valence-electron chi connectivity index (χ0n) is 12.0. The van der Waals surface area contributed by atoms with Crippen molar-refractivity contribution < 1.29 is 19.4 Å². The number of rotatable bonds is 2. The lowest BCUT2D eigenvalue weighted by Crippen LogP contribution is -2.03. The molecule has 0 fully saturated rings. The van der Waals surface area contributed by atoms with Crippen molar-refractivity contribution in [1.29, 1.82) is 0 Å². The first-order valence-electron chi connectivity index (χ1n) is 6.86. The van der Waals surface area contributed by atoms with Crippen LogP contribution in [0, 0.1) is 0 Å². The normalized spacial score (nSPS) is 13.0. The van der Waals surface area contributed by atoms with Gasteiger partial charge in [0.2, 0.25) is 0 Å². The summed E-state index contributed by atoms with van der Waals surface area (Å²) in [4.78, 5) is 12.4. The zero-order valence-corrected chi connectivity index (χ0v) is 12.0. The molecule has 4 nitrogen and oxygen atoms in total. The minimum absolute atomic E-state index is 0.113. The number of aryl methyl sites for hydroxylation is 1. The molecule has 21 heavy (non-hydrogen) atoms. The zero-order chi connectivity index (χ0) is 15.0. The lowest BCUT2D eigenvalue weighted by Gasteiger charge is -2.11. The van der Waals surface area contributed by atoms with Crippen LogP contribution in [0.15, 0.2) is 30.3 Å². The van der Waals surface area contributed by atoms with Gasteiger partial charge in [-0.1, -0.05) is 19.1 Å². The van der Waals surface area contributed by atoms with E-state index in [9.17, 15) is 9.90 Å². The largest absolute Gasteiger partial charge is 0.507 e. The highest BCUT2D eigenvalue weighted by molar-refractivity contribution is 6.03. The molecule has 0 spiro atoms. The minimum Gasteiger partial charge on any atom is -0.507 e. The molecule has 1 aliphatic rings. The second kappa shape index (κ2) is 5.13. The van der Waals surface area contributed by atoms with Gasteiger partial charge in [0, 0.05) is 24.1 Å². The average molecular weight is 284 g/mol. The number of phenolic OH excluding ortho intramolecular Hbond substituents is 1. The number of methoxy groups -OCH3 is 1. The fraction of sp³-hybridized carbons (Fsp3) is 0.235. The van der Waals surface area contributed by atoms with Gasteiger partial charge in [0.15, 0.2) is 5.78 Å². The number of carbonyl (C=O) groups excluding carboxylic acids is 1. The fourth-order valence-electron chi connectivity index (χ4n) is 2.53. The fourth-order valence-corrected chi connectivity index (χ4v) is 2.53. The first kappa shape index (κ1) is 13.5. The Labute approximate surface area is 122 Å². The molecule has 1 N–H and O–H groups in total. The third-order valence-corrected chi connectivity index (χ3v) is 3.67. The summed E-state index contributed by atoms with van der Waals surface area (Å²) in [6, 6.07) is 8.87. The minimum atomic E-state index is -0.155. The van der Waals surface area contributed by atoms with Crippen molar-refractivity contribution in [2.45, 2.75) is 19.8 Å². The molecule has 0 atom stereocenters. The van der Waals surface area contributed by atoms with E-state index in [2.05, 4.69) is 6.92 Å². The van der Waals surface area contributed by atoms with Gasteiger partial charge in [0.1, 0.15) is 28.6 Å². The molecule has 3 rings (SSSR count). The molecular weight excluding hydrogens is 268 g/mol. The van der Waals surface area contributed by atoms with E-state index >= 15 is 0 Å². The van der Waals surface area contributed by atoms with Gasteiger partial charge in [0.05, 0.1) is 7.11 Å². The number of carbonyl (C=O) groups is 1. The molecule has 2 aromatic rings. The van der Waals surface area contributed by atoms with Crippen molar-refractivity contribution in [3.05, 3.63) is 47.0 Å². The molecule has 0 radical (unpaired) electrons. The van der Waals surface area contributed by atoms with E-state index in [0.717, 1.165) is 17.5 Å². The summed E-state index contributed by atoms with van der Waals surface area (Å²) in [6.45, 7) is 2.06. The van der Waals surface area contributed by atoms with E-state index < -0.39 is 0 Å². The van der Waals surface area contributed by atoms with Crippen LogP contribution in [-0.4, -0.2) is 18.0 Å².